The first kappa shape index (κ1) is 13.1. The van der Waals surface area contributed by atoms with E-state index in [0.29, 0.717) is 5.56 Å². The highest BCUT2D eigenvalue weighted by molar-refractivity contribution is 9.11. The van der Waals surface area contributed by atoms with E-state index in [2.05, 4.69) is 42.7 Å². The van der Waals surface area contributed by atoms with Crippen molar-refractivity contribution in [2.45, 2.75) is 0 Å². The van der Waals surface area contributed by atoms with E-state index in [4.69, 9.17) is 0 Å². The van der Waals surface area contributed by atoms with E-state index >= 15 is 0 Å². The van der Waals surface area contributed by atoms with Crippen LogP contribution >= 0.6 is 31.9 Å². The summed E-state index contributed by atoms with van der Waals surface area (Å²) in [4.78, 5) is 11.8. The predicted molar refractivity (Wildman–Crippen MR) is 79.4 cm³/mol. The van der Waals surface area contributed by atoms with Gasteiger partial charge in [0, 0.05) is 14.5 Å². The van der Waals surface area contributed by atoms with Crippen molar-refractivity contribution >= 4 is 43.5 Å². The van der Waals surface area contributed by atoms with Gasteiger partial charge in [-0.1, -0.05) is 34.1 Å². The van der Waals surface area contributed by atoms with E-state index in [-0.39, 0.29) is 5.91 Å². The third-order valence-corrected chi connectivity index (χ3v) is 3.43. The molecule has 0 aromatic heterocycles. The number of hydrogen-bond acceptors (Lipinski definition) is 2. The van der Waals surface area contributed by atoms with Crippen LogP contribution in [0.5, 0.6) is 0 Å². The smallest absolute Gasteiger partial charge is 0.269 e. The van der Waals surface area contributed by atoms with E-state index in [1.54, 1.807) is 12.1 Å². The average Bonchev–Trinajstić information content (AvgIpc) is 2.38. The normalized spacial score (nSPS) is 9.89. The first-order valence-corrected chi connectivity index (χ1v) is 6.82. The molecular formula is C13H10Br2N2O. The fraction of sp³-hybridized carbons (Fsp3) is 0. The zero-order valence-corrected chi connectivity index (χ0v) is 12.5. The highest BCUT2D eigenvalue weighted by Crippen LogP contribution is 2.25. The monoisotopic (exact) mass is 368 g/mol. The molecule has 2 N–H and O–H groups in total. The summed E-state index contributed by atoms with van der Waals surface area (Å²) in [5.41, 5.74) is 6.92. The van der Waals surface area contributed by atoms with Crippen molar-refractivity contribution in [1.29, 1.82) is 0 Å². The molecule has 0 unspecified atom stereocenters. The summed E-state index contributed by atoms with van der Waals surface area (Å²) in [6.45, 7) is 0. The van der Waals surface area contributed by atoms with Crippen molar-refractivity contribution in [1.82, 2.24) is 5.43 Å². The van der Waals surface area contributed by atoms with Crippen LogP contribution in [-0.4, -0.2) is 5.91 Å². The molecule has 0 aliphatic rings. The van der Waals surface area contributed by atoms with Crippen LogP contribution in [0.3, 0.4) is 0 Å². The molecule has 3 nitrogen and oxygen atoms in total. The molecular weight excluding hydrogens is 360 g/mol. The standard InChI is InChI=1S/C13H10Br2N2O/c14-10-6-7-12(11(15)8-10)16-17-13(18)9-4-2-1-3-5-9/h1-8,16H,(H,17,18). The number of benzene rings is 2. The number of rotatable bonds is 3. The highest BCUT2D eigenvalue weighted by atomic mass is 79.9. The number of halogens is 2. The zero-order valence-electron chi connectivity index (χ0n) is 9.28. The lowest BCUT2D eigenvalue weighted by Crippen LogP contribution is -2.29. The molecule has 0 saturated carbocycles. The van der Waals surface area contributed by atoms with E-state index in [1.165, 1.54) is 0 Å². The predicted octanol–water partition coefficient (Wildman–Crippen LogP) is 3.97. The van der Waals surface area contributed by atoms with Crippen LogP contribution in [-0.2, 0) is 0 Å². The Morgan fingerprint density at radius 3 is 2.39 bits per heavy atom. The van der Waals surface area contributed by atoms with Crippen molar-refractivity contribution in [3.8, 4) is 0 Å². The van der Waals surface area contributed by atoms with Gasteiger partial charge in [-0.2, -0.15) is 0 Å². The van der Waals surface area contributed by atoms with Crippen LogP contribution in [0.1, 0.15) is 10.4 Å². The Balaban J connectivity index is 2.02. The minimum Gasteiger partial charge on any atom is -0.297 e. The second-order valence-corrected chi connectivity index (χ2v) is 5.34. The Morgan fingerprint density at radius 1 is 1.00 bits per heavy atom. The molecule has 5 heteroatoms. The van der Waals surface area contributed by atoms with Gasteiger partial charge in [-0.05, 0) is 46.3 Å². The molecule has 0 saturated heterocycles. The molecule has 0 spiro atoms. The summed E-state index contributed by atoms with van der Waals surface area (Å²) >= 11 is 6.78. The largest absolute Gasteiger partial charge is 0.297 e. The number of hydrogen-bond donors (Lipinski definition) is 2. The van der Waals surface area contributed by atoms with Gasteiger partial charge in [-0.15, -0.1) is 0 Å². The maximum absolute atomic E-state index is 11.8. The molecule has 0 heterocycles. The molecule has 0 radical (unpaired) electrons. The van der Waals surface area contributed by atoms with E-state index in [0.717, 1.165) is 14.6 Å². The number of amides is 1. The lowest BCUT2D eigenvalue weighted by atomic mass is 10.2. The number of carbonyl (C=O) groups excluding carboxylic acids is 1. The molecule has 2 aromatic carbocycles. The number of hydrazine groups is 1. The summed E-state index contributed by atoms with van der Waals surface area (Å²) in [6, 6.07) is 14.7. The van der Waals surface area contributed by atoms with E-state index in [9.17, 15) is 4.79 Å². The van der Waals surface area contributed by atoms with Gasteiger partial charge in [-0.3, -0.25) is 15.6 Å². The van der Waals surface area contributed by atoms with Crippen LogP contribution in [0.15, 0.2) is 57.5 Å². The lowest BCUT2D eigenvalue weighted by molar-refractivity contribution is 0.0962. The fourth-order valence-electron chi connectivity index (χ4n) is 1.38. The van der Waals surface area contributed by atoms with Crippen molar-refractivity contribution < 1.29 is 4.79 Å². The Morgan fingerprint density at radius 2 is 1.72 bits per heavy atom. The number of carbonyl (C=O) groups is 1. The number of nitrogens with one attached hydrogen (secondary N) is 2. The van der Waals surface area contributed by atoms with Gasteiger partial charge in [0.25, 0.3) is 5.91 Å². The Labute approximate surface area is 122 Å². The molecule has 1 amide bonds. The van der Waals surface area contributed by atoms with Crippen molar-refractivity contribution in [3.05, 3.63) is 63.0 Å². The molecule has 0 bridgehead atoms. The molecule has 0 aliphatic heterocycles. The molecule has 0 atom stereocenters. The van der Waals surface area contributed by atoms with Crippen molar-refractivity contribution in [2.24, 2.45) is 0 Å². The van der Waals surface area contributed by atoms with Crippen LogP contribution in [0.2, 0.25) is 0 Å². The summed E-state index contributed by atoms with van der Waals surface area (Å²) in [5, 5.41) is 0. The second-order valence-electron chi connectivity index (χ2n) is 3.57. The SMILES string of the molecule is O=C(NNc1ccc(Br)cc1Br)c1ccccc1. The first-order valence-electron chi connectivity index (χ1n) is 5.23. The summed E-state index contributed by atoms with van der Waals surface area (Å²) in [6.07, 6.45) is 0. The molecule has 92 valence electrons. The Bertz CT molecular complexity index is 558. The minimum atomic E-state index is -0.176. The van der Waals surface area contributed by atoms with Gasteiger partial charge in [0.1, 0.15) is 0 Å². The molecule has 2 rings (SSSR count). The van der Waals surface area contributed by atoms with Gasteiger partial charge >= 0.3 is 0 Å². The van der Waals surface area contributed by atoms with Crippen LogP contribution in [0.4, 0.5) is 5.69 Å². The highest BCUT2D eigenvalue weighted by Gasteiger charge is 2.05. The fourth-order valence-corrected chi connectivity index (χ4v) is 2.52. The minimum absolute atomic E-state index is 0.176. The topological polar surface area (TPSA) is 41.1 Å². The number of anilines is 1. The van der Waals surface area contributed by atoms with Gasteiger partial charge in [0.2, 0.25) is 0 Å². The van der Waals surface area contributed by atoms with Crippen LogP contribution in [0, 0.1) is 0 Å². The molecule has 2 aromatic rings. The third kappa shape index (κ3) is 3.34. The van der Waals surface area contributed by atoms with Gasteiger partial charge < -0.3 is 0 Å². The quantitative estimate of drug-likeness (QED) is 0.803. The van der Waals surface area contributed by atoms with Gasteiger partial charge in [0.15, 0.2) is 0 Å². The second kappa shape index (κ2) is 6.02. The first-order chi connectivity index (χ1) is 8.66. The molecule has 0 fully saturated rings. The van der Waals surface area contributed by atoms with Crippen molar-refractivity contribution in [3.63, 3.8) is 0 Å². The lowest BCUT2D eigenvalue weighted by Gasteiger charge is -2.10. The third-order valence-electron chi connectivity index (χ3n) is 2.28. The molecule has 18 heavy (non-hydrogen) atoms. The van der Waals surface area contributed by atoms with Crippen molar-refractivity contribution in [2.75, 3.05) is 5.43 Å². The maximum Gasteiger partial charge on any atom is 0.269 e. The van der Waals surface area contributed by atoms with Crippen LogP contribution < -0.4 is 10.9 Å². The summed E-state index contributed by atoms with van der Waals surface area (Å²) in [5.74, 6) is -0.176. The Kier molecular flexibility index (Phi) is 4.38. The van der Waals surface area contributed by atoms with Gasteiger partial charge in [0.05, 0.1) is 5.69 Å². The summed E-state index contributed by atoms with van der Waals surface area (Å²) in [7, 11) is 0. The van der Waals surface area contributed by atoms with E-state index < -0.39 is 0 Å². The van der Waals surface area contributed by atoms with E-state index in [1.807, 2.05) is 36.4 Å². The summed E-state index contributed by atoms with van der Waals surface area (Å²) < 4.78 is 1.83. The van der Waals surface area contributed by atoms with Crippen LogP contribution in [0.25, 0.3) is 0 Å². The van der Waals surface area contributed by atoms with Gasteiger partial charge in [-0.25, -0.2) is 0 Å². The molecule has 0 aliphatic carbocycles. The maximum atomic E-state index is 11.8. The Hall–Kier alpha value is -1.33. The average molecular weight is 370 g/mol. The zero-order chi connectivity index (χ0) is 13.0.